The molecule has 334 valence electrons. The summed E-state index contributed by atoms with van der Waals surface area (Å²) >= 11 is 0. The lowest BCUT2D eigenvalue weighted by atomic mass is 9.99. The highest BCUT2D eigenvalue weighted by molar-refractivity contribution is 6.17. The maximum atomic E-state index is 9.11. The summed E-state index contributed by atoms with van der Waals surface area (Å²) in [4.78, 5) is 15.2. The molecule has 10 aromatic carbocycles. The number of aromatic nitrogens is 5. The number of nitrogens with zero attached hydrogens (tertiary/aromatic N) is 5. The van der Waals surface area contributed by atoms with Crippen molar-refractivity contribution in [3.8, 4) is 67.8 Å². The Morgan fingerprint density at radius 1 is 0.394 bits per heavy atom. The van der Waals surface area contributed by atoms with Crippen LogP contribution < -0.4 is 5.32 Å². The summed E-state index contributed by atoms with van der Waals surface area (Å²) in [5.74, 6) is 1.77. The monoisotopic (exact) mass is 909 g/mol. The first kappa shape index (κ1) is 41.5. The number of hydrogen-bond donors (Lipinski definition) is 2. The molecule has 0 saturated heterocycles. The SMILES string of the molecule is N=Cc1c(Nc2cccc(-c3ccccc3)c2)ccc2c3cc(-c4cccc5c4ccn5-c4ccc5ccccc5c4)ccc3n(-c3cccc(-c4nc(-c5ccccc5)nc(-c5ccccc5)n4)c3)c12. The number of rotatable bonds is 10. The molecule has 7 nitrogen and oxygen atoms in total. The average molecular weight is 910 g/mol. The predicted molar refractivity (Wildman–Crippen MR) is 293 cm³/mol. The van der Waals surface area contributed by atoms with Crippen molar-refractivity contribution in [2.75, 3.05) is 5.32 Å². The minimum atomic E-state index is 0.569. The van der Waals surface area contributed by atoms with Crippen molar-refractivity contribution >= 4 is 61.1 Å². The Kier molecular flexibility index (Phi) is 10.2. The molecule has 13 aromatic rings. The summed E-state index contributed by atoms with van der Waals surface area (Å²) in [5, 5.41) is 18.5. The van der Waals surface area contributed by atoms with Gasteiger partial charge in [0.15, 0.2) is 17.5 Å². The van der Waals surface area contributed by atoms with Gasteiger partial charge in [0.25, 0.3) is 0 Å². The second-order valence-electron chi connectivity index (χ2n) is 17.8. The van der Waals surface area contributed by atoms with E-state index >= 15 is 0 Å². The van der Waals surface area contributed by atoms with Gasteiger partial charge in [-0.1, -0.05) is 170 Å². The highest BCUT2D eigenvalue weighted by Gasteiger charge is 2.21. The third kappa shape index (κ3) is 7.50. The summed E-state index contributed by atoms with van der Waals surface area (Å²) in [6.45, 7) is 0. The Hall–Kier alpha value is -9.72. The third-order valence-electron chi connectivity index (χ3n) is 13.5. The molecular weight excluding hydrogens is 867 g/mol. The van der Waals surface area contributed by atoms with Gasteiger partial charge in [-0.2, -0.15) is 0 Å². The Bertz CT molecular complexity index is 4100. The Morgan fingerprint density at radius 3 is 1.79 bits per heavy atom. The predicted octanol–water partition coefficient (Wildman–Crippen LogP) is 16.1. The van der Waals surface area contributed by atoms with Gasteiger partial charge in [-0.15, -0.1) is 0 Å². The fraction of sp³-hybridized carbons (Fsp3) is 0. The molecule has 0 aliphatic rings. The van der Waals surface area contributed by atoms with Crippen LogP contribution in [0.25, 0.3) is 111 Å². The fourth-order valence-electron chi connectivity index (χ4n) is 10.1. The molecule has 0 aliphatic carbocycles. The van der Waals surface area contributed by atoms with Gasteiger partial charge in [-0.05, 0) is 99.8 Å². The first-order chi connectivity index (χ1) is 35.1. The van der Waals surface area contributed by atoms with Crippen molar-refractivity contribution in [3.05, 3.63) is 248 Å². The molecule has 3 aromatic heterocycles. The fourth-order valence-corrected chi connectivity index (χ4v) is 10.1. The van der Waals surface area contributed by atoms with E-state index in [9.17, 15) is 0 Å². The smallest absolute Gasteiger partial charge is 0.164 e. The van der Waals surface area contributed by atoms with Gasteiger partial charge in [-0.3, -0.25) is 0 Å². The van der Waals surface area contributed by atoms with E-state index < -0.39 is 0 Å². The van der Waals surface area contributed by atoms with Crippen molar-refractivity contribution in [3.63, 3.8) is 0 Å². The van der Waals surface area contributed by atoms with E-state index in [0.29, 0.717) is 17.5 Å². The number of benzene rings is 10. The highest BCUT2D eigenvalue weighted by atomic mass is 15.0. The summed E-state index contributed by atoms with van der Waals surface area (Å²) < 4.78 is 4.57. The van der Waals surface area contributed by atoms with Gasteiger partial charge in [0, 0.05) is 73.6 Å². The van der Waals surface area contributed by atoms with Gasteiger partial charge >= 0.3 is 0 Å². The van der Waals surface area contributed by atoms with E-state index in [2.05, 4.69) is 191 Å². The molecule has 0 amide bonds. The number of fused-ring (bicyclic) bond motifs is 5. The summed E-state index contributed by atoms with van der Waals surface area (Å²) in [7, 11) is 0. The zero-order valence-corrected chi connectivity index (χ0v) is 38.4. The second-order valence-corrected chi connectivity index (χ2v) is 17.8. The van der Waals surface area contributed by atoms with Crippen molar-refractivity contribution in [1.82, 2.24) is 24.1 Å². The molecule has 0 atom stereocenters. The lowest BCUT2D eigenvalue weighted by molar-refractivity contribution is 1.07. The highest BCUT2D eigenvalue weighted by Crippen LogP contribution is 2.41. The quantitative estimate of drug-likeness (QED) is 0.134. The van der Waals surface area contributed by atoms with Crippen LogP contribution in [0.5, 0.6) is 0 Å². The first-order valence-corrected chi connectivity index (χ1v) is 23.8. The Labute approximate surface area is 410 Å². The van der Waals surface area contributed by atoms with E-state index in [1.165, 1.54) is 22.4 Å². The van der Waals surface area contributed by atoms with E-state index in [4.69, 9.17) is 20.4 Å². The van der Waals surface area contributed by atoms with Crippen molar-refractivity contribution in [1.29, 1.82) is 5.41 Å². The van der Waals surface area contributed by atoms with Crippen LogP contribution in [-0.2, 0) is 0 Å². The van der Waals surface area contributed by atoms with E-state index in [1.54, 1.807) is 0 Å². The molecule has 0 radical (unpaired) electrons. The number of nitrogens with one attached hydrogen (secondary N) is 2. The van der Waals surface area contributed by atoms with Crippen LogP contribution in [0.4, 0.5) is 11.4 Å². The molecule has 0 aliphatic heterocycles. The van der Waals surface area contributed by atoms with Crippen LogP contribution in [-0.4, -0.2) is 30.3 Å². The van der Waals surface area contributed by atoms with Gasteiger partial charge in [0.1, 0.15) is 0 Å². The molecule has 0 spiro atoms. The molecule has 0 unspecified atom stereocenters. The molecular formula is C64H43N7. The number of anilines is 2. The van der Waals surface area contributed by atoms with E-state index in [1.807, 2.05) is 66.7 Å². The van der Waals surface area contributed by atoms with Crippen LogP contribution in [0, 0.1) is 5.41 Å². The molecule has 71 heavy (non-hydrogen) atoms. The lowest BCUT2D eigenvalue weighted by Gasteiger charge is -2.15. The zero-order valence-electron chi connectivity index (χ0n) is 38.4. The Balaban J connectivity index is 0.988. The molecule has 0 fully saturated rings. The standard InChI is InChI=1S/C64H43N7/c65-41-57-58(66-50-25-12-23-46(37-50)42-15-4-1-5-16-42)33-32-55-56-40-48(53-27-14-28-59-54(53)35-36-70(59)51-31-29-43-17-10-11-22-47(43)38-51)30-34-60(56)71(61(55)57)52-26-13-24-49(39-52)64-68-62(44-18-6-2-7-19-44)67-63(69-64)45-20-8-3-9-21-45/h1-41,65-66H. The molecule has 7 heteroatoms. The van der Waals surface area contributed by atoms with E-state index in [-0.39, 0.29) is 0 Å². The average Bonchev–Trinajstić information content (AvgIpc) is 4.03. The molecule has 0 saturated carbocycles. The van der Waals surface area contributed by atoms with Gasteiger partial charge in [0.2, 0.25) is 0 Å². The normalized spacial score (nSPS) is 11.4. The molecule has 13 rings (SSSR count). The van der Waals surface area contributed by atoms with Crippen molar-refractivity contribution in [2.45, 2.75) is 0 Å². The Morgan fingerprint density at radius 2 is 1.04 bits per heavy atom. The summed E-state index contributed by atoms with van der Waals surface area (Å²) in [6, 6.07) is 82.3. The maximum Gasteiger partial charge on any atom is 0.164 e. The molecule has 2 N–H and O–H groups in total. The largest absolute Gasteiger partial charge is 0.355 e. The van der Waals surface area contributed by atoms with Crippen molar-refractivity contribution in [2.24, 2.45) is 0 Å². The summed E-state index contributed by atoms with van der Waals surface area (Å²) in [5.41, 5.74) is 14.8. The lowest BCUT2D eigenvalue weighted by Crippen LogP contribution is -2.02. The zero-order chi connectivity index (χ0) is 47.3. The van der Waals surface area contributed by atoms with Crippen LogP contribution in [0.3, 0.4) is 0 Å². The van der Waals surface area contributed by atoms with E-state index in [0.717, 1.165) is 94.6 Å². The minimum Gasteiger partial charge on any atom is -0.355 e. The van der Waals surface area contributed by atoms with Crippen molar-refractivity contribution < 1.29 is 0 Å². The molecule has 0 bridgehead atoms. The maximum absolute atomic E-state index is 9.11. The summed E-state index contributed by atoms with van der Waals surface area (Å²) in [6.07, 6.45) is 3.65. The van der Waals surface area contributed by atoms with Crippen LogP contribution in [0.2, 0.25) is 0 Å². The van der Waals surface area contributed by atoms with Crippen LogP contribution >= 0.6 is 0 Å². The van der Waals surface area contributed by atoms with Gasteiger partial charge in [-0.25, -0.2) is 15.0 Å². The van der Waals surface area contributed by atoms with Crippen LogP contribution in [0.15, 0.2) is 243 Å². The number of hydrogen-bond acceptors (Lipinski definition) is 5. The first-order valence-electron chi connectivity index (χ1n) is 23.8. The minimum absolute atomic E-state index is 0.569. The van der Waals surface area contributed by atoms with Gasteiger partial charge in [0.05, 0.1) is 16.6 Å². The van der Waals surface area contributed by atoms with Crippen LogP contribution in [0.1, 0.15) is 5.56 Å². The third-order valence-corrected chi connectivity index (χ3v) is 13.5. The van der Waals surface area contributed by atoms with Gasteiger partial charge < -0.3 is 19.9 Å². The topological polar surface area (TPSA) is 84.4 Å². The molecule has 3 heterocycles. The second kappa shape index (κ2) is 17.4.